The molecule has 1 aromatic heterocycles. The van der Waals surface area contributed by atoms with E-state index in [1.165, 1.54) is 49.9 Å². The molecule has 2 aromatic rings. The molecule has 3 atom stereocenters. The van der Waals surface area contributed by atoms with Gasteiger partial charge < -0.3 is 14.2 Å². The number of likely N-dealkylation sites (tertiary alicyclic amines) is 1. The number of piperidine rings is 1. The van der Waals surface area contributed by atoms with E-state index in [9.17, 15) is 4.79 Å². The summed E-state index contributed by atoms with van der Waals surface area (Å²) >= 11 is 0. The summed E-state index contributed by atoms with van der Waals surface area (Å²) in [4.78, 5) is 17.9. The molecular weight excluding hydrogens is 360 g/mol. The van der Waals surface area contributed by atoms with Crippen LogP contribution in [0.5, 0.6) is 0 Å². The molecule has 152 valence electrons. The van der Waals surface area contributed by atoms with Crippen molar-refractivity contribution in [1.82, 2.24) is 4.90 Å². The number of rotatable bonds is 2. The number of nitrogens with zero attached hydrogens (tertiary/aromatic N) is 2. The summed E-state index contributed by atoms with van der Waals surface area (Å²) in [6.45, 7) is 5.29. The molecule has 1 spiro atoms. The van der Waals surface area contributed by atoms with Gasteiger partial charge in [-0.1, -0.05) is 24.1 Å². The Kier molecular flexibility index (Phi) is 3.96. The first-order chi connectivity index (χ1) is 14.1. The Morgan fingerprint density at radius 2 is 2.00 bits per heavy atom. The van der Waals surface area contributed by atoms with Crippen LogP contribution in [0, 0.1) is 18.8 Å². The van der Waals surface area contributed by atoms with Crippen molar-refractivity contribution in [3.05, 3.63) is 53.5 Å². The predicted molar refractivity (Wildman–Crippen MR) is 113 cm³/mol. The van der Waals surface area contributed by atoms with Crippen molar-refractivity contribution in [3.8, 4) is 0 Å². The Morgan fingerprint density at radius 3 is 2.69 bits per heavy atom. The van der Waals surface area contributed by atoms with Gasteiger partial charge in [-0.3, -0.25) is 4.79 Å². The summed E-state index contributed by atoms with van der Waals surface area (Å²) in [5, 5.41) is 0. The first-order valence-corrected chi connectivity index (χ1v) is 11.3. The Balaban J connectivity index is 1.27. The number of amides is 1. The van der Waals surface area contributed by atoms with Gasteiger partial charge >= 0.3 is 0 Å². The van der Waals surface area contributed by atoms with Crippen LogP contribution in [0.1, 0.15) is 60.2 Å². The quantitative estimate of drug-likeness (QED) is 0.741. The van der Waals surface area contributed by atoms with Gasteiger partial charge in [0, 0.05) is 23.7 Å². The zero-order valence-corrected chi connectivity index (χ0v) is 17.3. The Labute approximate surface area is 172 Å². The minimum Gasteiger partial charge on any atom is -0.459 e. The van der Waals surface area contributed by atoms with Crippen molar-refractivity contribution < 1.29 is 9.21 Å². The van der Waals surface area contributed by atoms with Crippen LogP contribution in [-0.4, -0.2) is 36.5 Å². The van der Waals surface area contributed by atoms with Crippen molar-refractivity contribution >= 4 is 11.6 Å². The lowest BCUT2D eigenvalue weighted by Gasteiger charge is -2.44. The Hall–Kier alpha value is -2.07. The molecule has 0 N–H and O–H groups in total. The van der Waals surface area contributed by atoms with Crippen LogP contribution in [0.3, 0.4) is 0 Å². The smallest absolute Gasteiger partial charge is 0.293 e. The molecule has 2 bridgehead atoms. The zero-order valence-electron chi connectivity index (χ0n) is 17.3. The molecule has 1 aromatic carbocycles. The summed E-state index contributed by atoms with van der Waals surface area (Å²) in [7, 11) is 0. The largest absolute Gasteiger partial charge is 0.459 e. The standard InChI is InChI=1S/C25H30N2O2/c1-17-4-7-21-20(13-17)25(16-27(21)24(28)23-3-2-12-29-23)8-10-26(11-9-25)22-15-18-5-6-19(22)14-18/h2-4,7,12-13,18-19,22H,5-6,8-11,14-16H2,1H3. The number of aryl methyl sites for hydroxylation is 1. The van der Waals surface area contributed by atoms with Crippen LogP contribution in [0.25, 0.3) is 0 Å². The van der Waals surface area contributed by atoms with E-state index in [-0.39, 0.29) is 11.3 Å². The topological polar surface area (TPSA) is 36.7 Å². The highest BCUT2D eigenvalue weighted by molar-refractivity contribution is 6.06. The first-order valence-electron chi connectivity index (χ1n) is 11.3. The van der Waals surface area contributed by atoms with Gasteiger partial charge in [-0.25, -0.2) is 0 Å². The fraction of sp³-hybridized carbons (Fsp3) is 0.560. The van der Waals surface area contributed by atoms with Crippen LogP contribution in [0.15, 0.2) is 41.0 Å². The second-order valence-corrected chi connectivity index (χ2v) is 9.95. The highest BCUT2D eigenvalue weighted by Crippen LogP contribution is 2.51. The molecule has 1 saturated heterocycles. The zero-order chi connectivity index (χ0) is 19.6. The van der Waals surface area contributed by atoms with Crippen molar-refractivity contribution in [1.29, 1.82) is 0 Å². The van der Waals surface area contributed by atoms with Crippen molar-refractivity contribution in [2.45, 2.75) is 56.9 Å². The normalized spacial score (nSPS) is 30.2. The first kappa shape index (κ1) is 17.8. The van der Waals surface area contributed by atoms with Gasteiger partial charge in [0.25, 0.3) is 5.91 Å². The van der Waals surface area contributed by atoms with Crippen LogP contribution < -0.4 is 4.90 Å². The van der Waals surface area contributed by atoms with E-state index in [2.05, 4.69) is 30.0 Å². The van der Waals surface area contributed by atoms with E-state index in [0.717, 1.165) is 43.0 Å². The molecule has 3 heterocycles. The molecule has 4 aliphatic rings. The molecule has 2 aliphatic heterocycles. The predicted octanol–water partition coefficient (Wildman–Crippen LogP) is 4.77. The lowest BCUT2D eigenvalue weighted by Crippen LogP contribution is -2.50. The number of hydrogen-bond acceptors (Lipinski definition) is 3. The maximum Gasteiger partial charge on any atom is 0.293 e. The fourth-order valence-corrected chi connectivity index (χ4v) is 6.87. The molecule has 3 unspecified atom stereocenters. The third-order valence-electron chi connectivity index (χ3n) is 8.38. The number of anilines is 1. The van der Waals surface area contributed by atoms with Gasteiger partial charge in [0.15, 0.2) is 5.76 Å². The van der Waals surface area contributed by atoms with Crippen LogP contribution in [-0.2, 0) is 5.41 Å². The minimum absolute atomic E-state index is 0.00693. The second kappa shape index (κ2) is 6.46. The van der Waals surface area contributed by atoms with Gasteiger partial charge in [0.1, 0.15) is 0 Å². The average Bonchev–Trinajstić information content (AvgIpc) is 3.53. The van der Waals surface area contributed by atoms with E-state index in [1.54, 1.807) is 18.4 Å². The van der Waals surface area contributed by atoms with Gasteiger partial charge in [-0.2, -0.15) is 0 Å². The van der Waals surface area contributed by atoms with Crippen molar-refractivity contribution in [3.63, 3.8) is 0 Å². The number of benzene rings is 1. The number of furan rings is 1. The summed E-state index contributed by atoms with van der Waals surface area (Å²) in [5.41, 5.74) is 3.85. The van der Waals surface area contributed by atoms with Crippen LogP contribution in [0.2, 0.25) is 0 Å². The maximum absolute atomic E-state index is 13.2. The Bertz CT molecular complexity index is 926. The highest BCUT2D eigenvalue weighted by atomic mass is 16.3. The second-order valence-electron chi connectivity index (χ2n) is 9.95. The lowest BCUT2D eigenvalue weighted by molar-refractivity contribution is 0.0841. The SMILES string of the molecule is Cc1ccc2c(c1)C1(CCN(C3CC4CCC3C4)CC1)CN2C(=O)c1ccco1. The molecule has 4 heteroatoms. The Morgan fingerprint density at radius 1 is 1.14 bits per heavy atom. The average molecular weight is 391 g/mol. The third kappa shape index (κ3) is 2.72. The van der Waals surface area contributed by atoms with E-state index in [4.69, 9.17) is 4.42 Å². The van der Waals surface area contributed by atoms with Gasteiger partial charge in [0.2, 0.25) is 0 Å². The number of carbonyl (C=O) groups excluding carboxylic acids is 1. The molecule has 2 saturated carbocycles. The van der Waals surface area contributed by atoms with E-state index in [1.807, 2.05) is 4.90 Å². The van der Waals surface area contributed by atoms with E-state index >= 15 is 0 Å². The monoisotopic (exact) mass is 390 g/mol. The van der Waals surface area contributed by atoms with Crippen molar-refractivity contribution in [2.24, 2.45) is 11.8 Å². The highest BCUT2D eigenvalue weighted by Gasteiger charge is 2.49. The fourth-order valence-electron chi connectivity index (χ4n) is 6.87. The molecule has 1 amide bonds. The van der Waals surface area contributed by atoms with Crippen molar-refractivity contribution in [2.75, 3.05) is 24.5 Å². The summed E-state index contributed by atoms with van der Waals surface area (Å²) in [6.07, 6.45) is 9.71. The number of hydrogen-bond donors (Lipinski definition) is 0. The number of carbonyl (C=O) groups is 1. The molecule has 29 heavy (non-hydrogen) atoms. The molecular formula is C25H30N2O2. The van der Waals surface area contributed by atoms with E-state index < -0.39 is 0 Å². The molecule has 6 rings (SSSR count). The minimum atomic E-state index is -0.00693. The van der Waals surface area contributed by atoms with Gasteiger partial charge in [-0.05, 0) is 87.7 Å². The molecule has 3 fully saturated rings. The maximum atomic E-state index is 13.2. The van der Waals surface area contributed by atoms with Gasteiger partial charge in [0.05, 0.1) is 6.26 Å². The molecule has 4 nitrogen and oxygen atoms in total. The van der Waals surface area contributed by atoms with Crippen LogP contribution >= 0.6 is 0 Å². The van der Waals surface area contributed by atoms with Crippen LogP contribution in [0.4, 0.5) is 5.69 Å². The molecule has 0 radical (unpaired) electrons. The summed E-state index contributed by atoms with van der Waals surface area (Å²) in [6, 6.07) is 11.0. The third-order valence-corrected chi connectivity index (χ3v) is 8.38. The van der Waals surface area contributed by atoms with E-state index in [0.29, 0.717) is 5.76 Å². The molecule has 2 aliphatic carbocycles. The lowest BCUT2D eigenvalue weighted by atomic mass is 9.73. The summed E-state index contributed by atoms with van der Waals surface area (Å²) in [5.74, 6) is 2.38. The van der Waals surface area contributed by atoms with Gasteiger partial charge in [-0.15, -0.1) is 0 Å². The summed E-state index contributed by atoms with van der Waals surface area (Å²) < 4.78 is 5.44. The number of fused-ring (bicyclic) bond motifs is 4.